The number of primary amides is 1. The smallest absolute Gasteiger partial charge is 0.255 e. The van der Waals surface area contributed by atoms with Gasteiger partial charge in [-0.1, -0.05) is 32.3 Å². The van der Waals surface area contributed by atoms with Gasteiger partial charge >= 0.3 is 0 Å². The van der Waals surface area contributed by atoms with Gasteiger partial charge < -0.3 is 26.2 Å². The van der Waals surface area contributed by atoms with Gasteiger partial charge in [0.15, 0.2) is 11.4 Å². The number of benzene rings is 1. The number of nitrogens with two attached hydrogens (primary N) is 1. The summed E-state index contributed by atoms with van der Waals surface area (Å²) in [6, 6.07) is 3.31. The Labute approximate surface area is 191 Å². The molecule has 3 aliphatic rings. The number of aliphatic hydroxyl groups excluding tert-OH is 2. The van der Waals surface area contributed by atoms with E-state index in [9.17, 15) is 34.8 Å². The predicted octanol–water partition coefficient (Wildman–Crippen LogP) is 2.55. The molecule has 0 heterocycles. The number of rotatable bonds is 6. The largest absolute Gasteiger partial charge is 0.508 e. The molecule has 0 saturated heterocycles. The summed E-state index contributed by atoms with van der Waals surface area (Å²) in [6.45, 7) is 2.13. The zero-order valence-electron chi connectivity index (χ0n) is 18.6. The number of unbranched alkanes of at least 4 members (excludes halogenated alkanes) is 3. The van der Waals surface area contributed by atoms with E-state index in [1.54, 1.807) is 0 Å². The van der Waals surface area contributed by atoms with Gasteiger partial charge in [0, 0.05) is 17.9 Å². The first-order chi connectivity index (χ1) is 15.6. The van der Waals surface area contributed by atoms with Crippen LogP contribution in [0.25, 0.3) is 5.76 Å². The van der Waals surface area contributed by atoms with Crippen LogP contribution < -0.4 is 5.73 Å². The van der Waals surface area contributed by atoms with Crippen molar-refractivity contribution in [2.24, 2.45) is 17.6 Å². The van der Waals surface area contributed by atoms with Crippen molar-refractivity contribution in [1.29, 1.82) is 0 Å². The lowest BCUT2D eigenvalue weighted by molar-refractivity contribution is -0.147. The molecule has 1 aromatic carbocycles. The molecule has 3 atom stereocenters. The Morgan fingerprint density at radius 1 is 1.12 bits per heavy atom. The fraction of sp³-hybridized carbons (Fsp3) is 0.480. The molecule has 8 nitrogen and oxygen atoms in total. The van der Waals surface area contributed by atoms with Gasteiger partial charge in [0.25, 0.3) is 5.91 Å². The summed E-state index contributed by atoms with van der Waals surface area (Å²) < 4.78 is 0. The number of phenols is 1. The molecule has 3 aliphatic carbocycles. The number of fused-ring (bicyclic) bond motifs is 3. The molecule has 1 fully saturated rings. The maximum absolute atomic E-state index is 13.5. The zero-order chi connectivity index (χ0) is 24.1. The lowest BCUT2D eigenvalue weighted by Gasteiger charge is -2.46. The van der Waals surface area contributed by atoms with Gasteiger partial charge in [0.05, 0.1) is 5.56 Å². The third kappa shape index (κ3) is 3.44. The van der Waals surface area contributed by atoms with Gasteiger partial charge in [-0.2, -0.15) is 0 Å². The second-order valence-corrected chi connectivity index (χ2v) is 9.31. The van der Waals surface area contributed by atoms with Gasteiger partial charge in [-0.15, -0.1) is 0 Å². The van der Waals surface area contributed by atoms with Crippen molar-refractivity contribution in [2.75, 3.05) is 0 Å². The van der Waals surface area contributed by atoms with Crippen molar-refractivity contribution in [3.05, 3.63) is 45.7 Å². The Morgan fingerprint density at radius 3 is 2.52 bits per heavy atom. The lowest BCUT2D eigenvalue weighted by atomic mass is 9.59. The number of aliphatic hydroxyl groups is 3. The van der Waals surface area contributed by atoms with Crippen LogP contribution in [0.4, 0.5) is 0 Å². The van der Waals surface area contributed by atoms with E-state index in [4.69, 9.17) is 5.73 Å². The molecule has 1 saturated carbocycles. The molecule has 0 spiro atoms. The third-order valence-electron chi connectivity index (χ3n) is 7.34. The number of aryl methyl sites for hydroxylation is 1. The second-order valence-electron chi connectivity index (χ2n) is 9.31. The number of hydrogen-bond acceptors (Lipinski definition) is 7. The normalized spacial score (nSPS) is 26.7. The summed E-state index contributed by atoms with van der Waals surface area (Å²) >= 11 is 0. The molecule has 0 radical (unpaired) electrons. The van der Waals surface area contributed by atoms with Gasteiger partial charge in [-0.25, -0.2) is 0 Å². The van der Waals surface area contributed by atoms with Crippen molar-refractivity contribution < 1.29 is 34.8 Å². The van der Waals surface area contributed by atoms with E-state index >= 15 is 0 Å². The van der Waals surface area contributed by atoms with Crippen LogP contribution in [0.1, 0.15) is 62.1 Å². The number of carbonyl (C=O) groups excluding carboxylic acids is 3. The van der Waals surface area contributed by atoms with Crippen LogP contribution >= 0.6 is 0 Å². The Balaban J connectivity index is 1.80. The number of phenolic OH excluding ortho intramolecular Hbond substituents is 1. The van der Waals surface area contributed by atoms with E-state index in [1.807, 2.05) is 6.07 Å². The summed E-state index contributed by atoms with van der Waals surface area (Å²) in [6.07, 6.45) is 5.19. The molecule has 176 valence electrons. The molecule has 3 unspecified atom stereocenters. The maximum atomic E-state index is 13.5. The summed E-state index contributed by atoms with van der Waals surface area (Å²) in [7, 11) is 0. The van der Waals surface area contributed by atoms with Gasteiger partial charge in [-0.3, -0.25) is 14.4 Å². The van der Waals surface area contributed by atoms with Crippen molar-refractivity contribution >= 4 is 23.2 Å². The van der Waals surface area contributed by atoms with Crippen LogP contribution in [0, 0.1) is 11.8 Å². The van der Waals surface area contributed by atoms with Crippen molar-refractivity contribution in [3.63, 3.8) is 0 Å². The third-order valence-corrected chi connectivity index (χ3v) is 7.34. The van der Waals surface area contributed by atoms with Crippen molar-refractivity contribution in [1.82, 2.24) is 0 Å². The first-order valence-electron chi connectivity index (χ1n) is 11.4. The Bertz CT molecular complexity index is 1120. The highest BCUT2D eigenvalue weighted by atomic mass is 16.3. The minimum Gasteiger partial charge on any atom is -0.508 e. The molecule has 6 N–H and O–H groups in total. The van der Waals surface area contributed by atoms with Crippen molar-refractivity contribution in [2.45, 2.75) is 63.9 Å². The quantitative estimate of drug-likeness (QED) is 0.326. The van der Waals surface area contributed by atoms with Crippen LogP contribution in [-0.2, 0) is 27.2 Å². The average molecular weight is 456 g/mol. The molecule has 0 aromatic heterocycles. The molecule has 8 heteroatoms. The monoisotopic (exact) mass is 455 g/mol. The van der Waals surface area contributed by atoms with Crippen LogP contribution in [-0.4, -0.2) is 43.5 Å². The van der Waals surface area contributed by atoms with Gasteiger partial charge in [-0.05, 0) is 48.8 Å². The minimum absolute atomic E-state index is 0.107. The van der Waals surface area contributed by atoms with E-state index in [0.29, 0.717) is 6.42 Å². The zero-order valence-corrected chi connectivity index (χ0v) is 18.6. The maximum Gasteiger partial charge on any atom is 0.255 e. The molecular weight excluding hydrogens is 426 g/mol. The Kier molecular flexibility index (Phi) is 5.82. The number of Topliss-reactive ketones (excluding diaryl/α,β-unsaturated/α-hetero) is 2. The Hall–Kier alpha value is -3.13. The fourth-order valence-corrected chi connectivity index (χ4v) is 5.66. The SMILES string of the molecule is CCCCCCc1ccc(O)c2c1CC1CC3CC(=O)C(C(N)=O)=C(O)C3(O)C(=O)C1=C2O. The van der Waals surface area contributed by atoms with E-state index in [2.05, 4.69) is 6.92 Å². The molecule has 1 amide bonds. The van der Waals surface area contributed by atoms with E-state index in [0.717, 1.165) is 43.2 Å². The van der Waals surface area contributed by atoms with Gasteiger partial charge in [0.1, 0.15) is 22.8 Å². The first-order valence-corrected chi connectivity index (χ1v) is 11.4. The van der Waals surface area contributed by atoms with Crippen LogP contribution in [0.2, 0.25) is 0 Å². The van der Waals surface area contributed by atoms with E-state index < -0.39 is 52.0 Å². The highest BCUT2D eigenvalue weighted by molar-refractivity contribution is 6.22. The Morgan fingerprint density at radius 2 is 1.85 bits per heavy atom. The number of amides is 1. The molecule has 4 rings (SSSR count). The molecule has 33 heavy (non-hydrogen) atoms. The first kappa shape index (κ1) is 23.0. The van der Waals surface area contributed by atoms with Crippen LogP contribution in [0.3, 0.4) is 0 Å². The average Bonchev–Trinajstić information content (AvgIpc) is 2.75. The van der Waals surface area contributed by atoms with Crippen LogP contribution in [0.15, 0.2) is 29.0 Å². The van der Waals surface area contributed by atoms with Crippen molar-refractivity contribution in [3.8, 4) is 5.75 Å². The number of aromatic hydroxyl groups is 1. The topological polar surface area (TPSA) is 158 Å². The van der Waals surface area contributed by atoms with E-state index in [1.165, 1.54) is 6.07 Å². The van der Waals surface area contributed by atoms with E-state index in [-0.39, 0.29) is 29.7 Å². The molecular formula is C25H29NO7. The molecule has 0 aliphatic heterocycles. The molecule has 1 aromatic rings. The predicted molar refractivity (Wildman–Crippen MR) is 119 cm³/mol. The summed E-state index contributed by atoms with van der Waals surface area (Å²) in [5.74, 6) is -6.03. The minimum atomic E-state index is -2.52. The number of ketones is 2. The number of carbonyl (C=O) groups is 3. The fourth-order valence-electron chi connectivity index (χ4n) is 5.66. The van der Waals surface area contributed by atoms with Gasteiger partial charge in [0.2, 0.25) is 5.78 Å². The van der Waals surface area contributed by atoms with Crippen LogP contribution in [0.5, 0.6) is 5.75 Å². The lowest BCUT2D eigenvalue weighted by Crippen LogP contribution is -2.58. The highest BCUT2D eigenvalue weighted by Crippen LogP contribution is 2.52. The molecule has 0 bridgehead atoms. The summed E-state index contributed by atoms with van der Waals surface area (Å²) in [5, 5.41) is 43.4. The summed E-state index contributed by atoms with van der Waals surface area (Å²) in [5.41, 5.74) is 3.69. The highest BCUT2D eigenvalue weighted by Gasteiger charge is 2.60. The summed E-state index contributed by atoms with van der Waals surface area (Å²) in [4.78, 5) is 37.5. The number of hydrogen-bond donors (Lipinski definition) is 5. The second kappa shape index (κ2) is 8.33. The standard InChI is InChI=1S/C25H29NO7/c1-2-3-4-5-6-12-7-8-16(27)19-15(12)10-13-9-14-11-17(28)20(24(26)32)23(31)25(14,33)22(30)18(13)21(19)29/h7-8,13-14,27,29,31,33H,2-6,9-11H2,1H3,(H2,26,32).